The van der Waals surface area contributed by atoms with Gasteiger partial charge in [-0.15, -0.1) is 0 Å². The highest BCUT2D eigenvalue weighted by Gasteiger charge is 2.31. The second-order valence-corrected chi connectivity index (χ2v) is 9.87. The van der Waals surface area contributed by atoms with Crippen LogP contribution < -0.4 is 4.74 Å². The largest absolute Gasteiger partial charge is 0.497 e. The molecule has 5 nitrogen and oxygen atoms in total. The predicted octanol–water partition coefficient (Wildman–Crippen LogP) is 5.59. The number of aliphatic carboxylic acids is 1. The van der Waals surface area contributed by atoms with Crippen LogP contribution in [0.4, 0.5) is 4.39 Å². The molecule has 2 heterocycles. The van der Waals surface area contributed by atoms with E-state index in [0.717, 1.165) is 42.7 Å². The van der Waals surface area contributed by atoms with Crippen molar-refractivity contribution in [3.05, 3.63) is 36.0 Å². The summed E-state index contributed by atoms with van der Waals surface area (Å²) >= 11 is 1.96. The molecule has 1 N–H and O–H groups in total. The summed E-state index contributed by atoms with van der Waals surface area (Å²) in [6.45, 7) is 4.96. The number of alkyl halides is 1. The molecule has 32 heavy (non-hydrogen) atoms. The number of thioether (sulfide) groups is 1. The first-order chi connectivity index (χ1) is 15.5. The summed E-state index contributed by atoms with van der Waals surface area (Å²) in [7, 11) is 1.60. The number of aromatic nitrogens is 1. The molecule has 3 atom stereocenters. The van der Waals surface area contributed by atoms with Crippen LogP contribution in [0.2, 0.25) is 0 Å². The van der Waals surface area contributed by atoms with E-state index in [4.69, 9.17) is 4.74 Å². The monoisotopic (exact) mass is 462 g/mol. The van der Waals surface area contributed by atoms with Gasteiger partial charge in [0.05, 0.1) is 12.6 Å². The Morgan fingerprint density at radius 1 is 1.34 bits per heavy atom. The first kappa shape index (κ1) is 24.8. The molecule has 7 heteroatoms. The number of likely N-dealkylation sites (tertiary alicyclic amines) is 1. The van der Waals surface area contributed by atoms with Crippen molar-refractivity contribution < 1.29 is 19.0 Å². The molecule has 0 saturated carbocycles. The number of hydrogen-bond donors (Lipinski definition) is 1. The lowest BCUT2D eigenvalue weighted by Crippen LogP contribution is -2.42. The van der Waals surface area contributed by atoms with Crippen molar-refractivity contribution in [1.82, 2.24) is 9.88 Å². The van der Waals surface area contributed by atoms with Crippen molar-refractivity contribution in [1.29, 1.82) is 0 Å². The molecule has 0 spiro atoms. The van der Waals surface area contributed by atoms with Gasteiger partial charge in [0.25, 0.3) is 0 Å². The molecule has 1 aromatic carbocycles. The fraction of sp³-hybridized carbons (Fsp3) is 0.600. The average Bonchev–Trinajstić information content (AvgIpc) is 2.80. The number of methoxy groups -OCH3 is 1. The maximum atomic E-state index is 15.4. The van der Waals surface area contributed by atoms with Crippen LogP contribution in [0.3, 0.4) is 0 Å². The Bertz CT molecular complexity index is 881. The topological polar surface area (TPSA) is 62.7 Å². The maximum Gasteiger partial charge on any atom is 0.303 e. The van der Waals surface area contributed by atoms with E-state index in [1.165, 1.54) is 12.2 Å². The third-order valence-corrected chi connectivity index (χ3v) is 7.59. The van der Waals surface area contributed by atoms with E-state index in [-0.39, 0.29) is 18.3 Å². The lowest BCUT2D eigenvalue weighted by Gasteiger charge is -2.38. The number of hydrogen-bond acceptors (Lipinski definition) is 5. The highest BCUT2D eigenvalue weighted by atomic mass is 32.2. The Hall–Kier alpha value is -1.86. The van der Waals surface area contributed by atoms with E-state index >= 15 is 4.39 Å². The highest BCUT2D eigenvalue weighted by Crippen LogP contribution is 2.36. The highest BCUT2D eigenvalue weighted by molar-refractivity contribution is 7.99. The Balaban J connectivity index is 1.62. The van der Waals surface area contributed by atoms with Crippen LogP contribution in [0.1, 0.15) is 50.8 Å². The van der Waals surface area contributed by atoms with Gasteiger partial charge in [0, 0.05) is 36.8 Å². The van der Waals surface area contributed by atoms with Crippen molar-refractivity contribution in [2.24, 2.45) is 11.8 Å². The van der Waals surface area contributed by atoms with Gasteiger partial charge in [0.1, 0.15) is 11.9 Å². The zero-order chi connectivity index (χ0) is 22.9. The Morgan fingerprint density at radius 2 is 2.19 bits per heavy atom. The van der Waals surface area contributed by atoms with Crippen molar-refractivity contribution in [2.45, 2.75) is 45.2 Å². The van der Waals surface area contributed by atoms with Crippen LogP contribution in [0.15, 0.2) is 30.5 Å². The molecule has 0 unspecified atom stereocenters. The first-order valence-electron chi connectivity index (χ1n) is 11.6. The van der Waals surface area contributed by atoms with Crippen LogP contribution in [0.5, 0.6) is 5.75 Å². The lowest BCUT2D eigenvalue weighted by atomic mass is 9.79. The van der Waals surface area contributed by atoms with E-state index < -0.39 is 12.1 Å². The van der Waals surface area contributed by atoms with Crippen LogP contribution in [0, 0.1) is 11.8 Å². The summed E-state index contributed by atoms with van der Waals surface area (Å²) in [5.41, 5.74) is 1.39. The quantitative estimate of drug-likeness (QED) is 0.415. The molecule has 1 aliphatic rings. The van der Waals surface area contributed by atoms with Gasteiger partial charge in [0.2, 0.25) is 0 Å². The summed E-state index contributed by atoms with van der Waals surface area (Å²) in [6, 6.07) is 7.27. The number of nitrogens with zero attached hydrogens (tertiary/aromatic N) is 2. The molecular weight excluding hydrogens is 427 g/mol. The molecule has 1 aliphatic heterocycles. The van der Waals surface area contributed by atoms with Crippen molar-refractivity contribution in [3.8, 4) is 5.75 Å². The minimum Gasteiger partial charge on any atom is -0.497 e. The minimum atomic E-state index is -1.11. The predicted molar refractivity (Wildman–Crippen MR) is 129 cm³/mol. The smallest absolute Gasteiger partial charge is 0.303 e. The average molecular weight is 463 g/mol. The number of halogens is 1. The standard InChI is InChI=1S/C25H35FN2O3S/c1-3-13-32-14-12-28-11-9-18(19(17-28)15-25(29)30)4-6-23(26)21-8-10-27-24-7-5-20(31-2)16-22(21)24/h5,7-8,10,16,18-19,23H,3-4,6,9,11-15,17H2,1-2H3,(H,29,30)/t18-,19+,23-/m1/s1. The molecule has 0 radical (unpaired) electrons. The molecule has 0 aliphatic carbocycles. The SMILES string of the molecule is CCCSCCN1CC[C@@H](CC[C@@H](F)c2ccnc3ccc(OC)cc23)[C@@H](CC(=O)O)C1. The van der Waals surface area contributed by atoms with E-state index in [2.05, 4.69) is 16.8 Å². The van der Waals surface area contributed by atoms with E-state index in [9.17, 15) is 9.90 Å². The van der Waals surface area contributed by atoms with Crippen LogP contribution in [-0.4, -0.2) is 59.2 Å². The molecule has 0 amide bonds. The number of ether oxygens (including phenoxy) is 1. The number of carboxylic acid groups (broad SMARTS) is 1. The van der Waals surface area contributed by atoms with Gasteiger partial charge in [-0.1, -0.05) is 6.92 Å². The van der Waals surface area contributed by atoms with Gasteiger partial charge in [0.15, 0.2) is 0 Å². The summed E-state index contributed by atoms with van der Waals surface area (Å²) in [5, 5.41) is 10.2. The second kappa shape index (κ2) is 12.4. The summed E-state index contributed by atoms with van der Waals surface area (Å²) in [4.78, 5) is 18.2. The third-order valence-electron chi connectivity index (χ3n) is 6.42. The zero-order valence-electron chi connectivity index (χ0n) is 19.1. The number of piperidine rings is 1. The second-order valence-electron chi connectivity index (χ2n) is 8.65. The molecule has 2 aromatic rings. The third kappa shape index (κ3) is 6.82. The minimum absolute atomic E-state index is 0.0823. The maximum absolute atomic E-state index is 15.4. The van der Waals surface area contributed by atoms with E-state index in [1.807, 2.05) is 30.0 Å². The Labute approximate surface area is 194 Å². The Kier molecular flexibility index (Phi) is 9.60. The number of carboxylic acids is 1. The molecule has 0 bridgehead atoms. The number of pyridine rings is 1. The summed E-state index contributed by atoms with van der Waals surface area (Å²) < 4.78 is 20.7. The number of carbonyl (C=O) groups is 1. The van der Waals surface area contributed by atoms with Crippen LogP contribution in [-0.2, 0) is 4.79 Å². The van der Waals surface area contributed by atoms with E-state index in [1.54, 1.807) is 19.4 Å². The van der Waals surface area contributed by atoms with Crippen molar-refractivity contribution in [3.63, 3.8) is 0 Å². The van der Waals surface area contributed by atoms with Gasteiger partial charge in [-0.3, -0.25) is 9.78 Å². The lowest BCUT2D eigenvalue weighted by molar-refractivity contribution is -0.139. The molecule has 3 rings (SSSR count). The van der Waals surface area contributed by atoms with Gasteiger partial charge in [-0.25, -0.2) is 4.39 Å². The van der Waals surface area contributed by atoms with Crippen molar-refractivity contribution >= 4 is 28.6 Å². The molecule has 1 fully saturated rings. The fourth-order valence-corrected chi connectivity index (χ4v) is 5.58. The van der Waals surface area contributed by atoms with Gasteiger partial charge < -0.3 is 14.7 Å². The molecule has 1 saturated heterocycles. The molecular formula is C25H35FN2O3S. The number of fused-ring (bicyclic) bond motifs is 1. The summed E-state index contributed by atoms with van der Waals surface area (Å²) in [5.74, 6) is 2.51. The van der Waals surface area contributed by atoms with Crippen LogP contribution in [0.25, 0.3) is 10.9 Å². The molecule has 1 aromatic heterocycles. The summed E-state index contributed by atoms with van der Waals surface area (Å²) in [6.07, 6.45) is 3.91. The van der Waals surface area contributed by atoms with E-state index in [0.29, 0.717) is 24.2 Å². The number of benzene rings is 1. The Morgan fingerprint density at radius 3 is 2.94 bits per heavy atom. The molecule has 176 valence electrons. The van der Waals surface area contributed by atoms with Gasteiger partial charge in [-0.05, 0) is 79.6 Å². The number of rotatable bonds is 12. The van der Waals surface area contributed by atoms with Crippen LogP contribution >= 0.6 is 11.8 Å². The zero-order valence-corrected chi connectivity index (χ0v) is 20.0. The fourth-order valence-electron chi connectivity index (χ4n) is 4.70. The van der Waals surface area contributed by atoms with Gasteiger partial charge in [-0.2, -0.15) is 11.8 Å². The first-order valence-corrected chi connectivity index (χ1v) is 12.8. The van der Waals surface area contributed by atoms with Crippen molar-refractivity contribution in [2.75, 3.05) is 38.2 Å². The normalized spacial score (nSPS) is 20.3. The van der Waals surface area contributed by atoms with Gasteiger partial charge >= 0.3 is 5.97 Å².